The second-order valence-electron chi connectivity index (χ2n) is 3.65. The summed E-state index contributed by atoms with van der Waals surface area (Å²) in [6.07, 6.45) is 2.84. The summed E-state index contributed by atoms with van der Waals surface area (Å²) in [7, 11) is 0. The number of benzene rings is 1. The van der Waals surface area contributed by atoms with Gasteiger partial charge in [-0.15, -0.1) is 6.58 Å². The van der Waals surface area contributed by atoms with Crippen molar-refractivity contribution in [3.8, 4) is 5.75 Å². The number of amides is 1. The fourth-order valence-corrected chi connectivity index (χ4v) is 1.29. The lowest BCUT2D eigenvalue weighted by atomic mass is 10.2. The summed E-state index contributed by atoms with van der Waals surface area (Å²) < 4.78 is 5.16. The number of carbonyl (C=O) groups excluding carboxylic acids is 1. The number of rotatable bonds is 8. The van der Waals surface area contributed by atoms with E-state index in [-0.39, 0.29) is 6.61 Å². The predicted molar refractivity (Wildman–Crippen MR) is 67.7 cm³/mol. The molecule has 4 nitrogen and oxygen atoms in total. The van der Waals surface area contributed by atoms with Crippen LogP contribution >= 0.6 is 0 Å². The minimum absolute atomic E-state index is 0.0864. The van der Waals surface area contributed by atoms with Crippen LogP contribution in [0.2, 0.25) is 0 Å². The van der Waals surface area contributed by atoms with Crippen LogP contribution in [0, 0.1) is 0 Å². The van der Waals surface area contributed by atoms with E-state index in [9.17, 15) is 4.79 Å². The Morgan fingerprint density at radius 3 is 2.71 bits per heavy atom. The summed E-state index contributed by atoms with van der Waals surface area (Å²) in [6.45, 7) is 5.30. The van der Waals surface area contributed by atoms with E-state index in [1.165, 1.54) is 5.56 Å². The molecular formula is C13H18N2O2. The average molecular weight is 234 g/mol. The molecule has 0 unspecified atom stereocenters. The molecular weight excluding hydrogens is 216 g/mol. The quantitative estimate of drug-likeness (QED) is 0.525. The number of ether oxygens (including phenoxy) is 1. The molecule has 0 heterocycles. The van der Waals surface area contributed by atoms with Gasteiger partial charge in [0.2, 0.25) is 0 Å². The van der Waals surface area contributed by atoms with Crippen molar-refractivity contribution in [2.24, 2.45) is 5.73 Å². The minimum atomic E-state index is -0.472. The Hall–Kier alpha value is -1.81. The first kappa shape index (κ1) is 13.3. The first-order valence-corrected chi connectivity index (χ1v) is 5.54. The van der Waals surface area contributed by atoms with Crippen molar-refractivity contribution in [3.63, 3.8) is 0 Å². The zero-order valence-electron chi connectivity index (χ0n) is 9.82. The van der Waals surface area contributed by atoms with Crippen LogP contribution in [0.25, 0.3) is 0 Å². The van der Waals surface area contributed by atoms with Gasteiger partial charge in [-0.25, -0.2) is 0 Å². The van der Waals surface area contributed by atoms with Crippen molar-refractivity contribution in [3.05, 3.63) is 42.5 Å². The third-order valence-electron chi connectivity index (χ3n) is 2.16. The maximum atomic E-state index is 10.5. The predicted octanol–water partition coefficient (Wildman–Crippen LogP) is 1.22. The average Bonchev–Trinajstić information content (AvgIpc) is 2.33. The molecule has 0 atom stereocenters. The van der Waals surface area contributed by atoms with Crippen molar-refractivity contribution in [1.82, 2.24) is 5.32 Å². The van der Waals surface area contributed by atoms with Gasteiger partial charge in [0.1, 0.15) is 5.75 Å². The van der Waals surface area contributed by atoms with Crippen LogP contribution in [0.1, 0.15) is 12.0 Å². The fraction of sp³-hybridized carbons (Fsp3) is 0.308. The maximum Gasteiger partial charge on any atom is 0.255 e. The summed E-state index contributed by atoms with van der Waals surface area (Å²) in [5.74, 6) is 0.179. The van der Waals surface area contributed by atoms with Gasteiger partial charge >= 0.3 is 0 Å². The number of nitrogens with one attached hydrogen (secondary N) is 1. The van der Waals surface area contributed by atoms with E-state index in [0.29, 0.717) is 5.75 Å². The number of primary amides is 1. The van der Waals surface area contributed by atoms with Gasteiger partial charge < -0.3 is 15.8 Å². The molecule has 1 aromatic carbocycles. The zero-order valence-corrected chi connectivity index (χ0v) is 9.82. The van der Waals surface area contributed by atoms with Crippen LogP contribution in [-0.4, -0.2) is 19.1 Å². The number of hydrogen-bond donors (Lipinski definition) is 2. The van der Waals surface area contributed by atoms with Crippen LogP contribution < -0.4 is 15.8 Å². The molecule has 0 fully saturated rings. The highest BCUT2D eigenvalue weighted by Crippen LogP contribution is 2.11. The highest BCUT2D eigenvalue weighted by molar-refractivity contribution is 5.75. The Morgan fingerprint density at radius 1 is 1.41 bits per heavy atom. The molecule has 3 N–H and O–H groups in total. The van der Waals surface area contributed by atoms with Gasteiger partial charge in [0.25, 0.3) is 5.91 Å². The third-order valence-corrected chi connectivity index (χ3v) is 2.16. The Labute approximate surface area is 101 Å². The summed E-state index contributed by atoms with van der Waals surface area (Å²) in [4.78, 5) is 10.5. The van der Waals surface area contributed by atoms with E-state index in [1.807, 2.05) is 30.3 Å². The lowest BCUT2D eigenvalue weighted by Crippen LogP contribution is -2.20. The highest BCUT2D eigenvalue weighted by atomic mass is 16.5. The molecule has 4 heteroatoms. The van der Waals surface area contributed by atoms with Crippen molar-refractivity contribution < 1.29 is 9.53 Å². The van der Waals surface area contributed by atoms with Gasteiger partial charge in [0, 0.05) is 6.54 Å². The Morgan fingerprint density at radius 2 is 2.12 bits per heavy atom. The first-order valence-electron chi connectivity index (χ1n) is 5.54. The van der Waals surface area contributed by atoms with Gasteiger partial charge in [0.05, 0.1) is 0 Å². The molecule has 1 rings (SSSR count). The number of nitrogens with two attached hydrogens (primary N) is 1. The summed E-state index contributed by atoms with van der Waals surface area (Å²) in [5, 5.41) is 3.29. The van der Waals surface area contributed by atoms with Crippen LogP contribution in [0.15, 0.2) is 36.9 Å². The zero-order chi connectivity index (χ0) is 12.5. The van der Waals surface area contributed by atoms with Crippen LogP contribution in [0.5, 0.6) is 5.75 Å². The van der Waals surface area contributed by atoms with Crippen LogP contribution in [-0.2, 0) is 11.3 Å². The van der Waals surface area contributed by atoms with Gasteiger partial charge in [-0.1, -0.05) is 18.2 Å². The smallest absolute Gasteiger partial charge is 0.255 e. The molecule has 0 bridgehead atoms. The Kier molecular flexibility index (Phi) is 5.82. The first-order chi connectivity index (χ1) is 8.22. The topological polar surface area (TPSA) is 64.3 Å². The molecule has 1 amide bonds. The molecule has 1 aromatic rings. The number of hydrogen-bond acceptors (Lipinski definition) is 3. The van der Waals surface area contributed by atoms with Gasteiger partial charge in [-0.3, -0.25) is 4.79 Å². The molecule has 0 radical (unpaired) electrons. The summed E-state index contributed by atoms with van der Waals surface area (Å²) in [5.41, 5.74) is 6.15. The van der Waals surface area contributed by atoms with Crippen molar-refractivity contribution in [1.29, 1.82) is 0 Å². The maximum absolute atomic E-state index is 10.5. The number of carbonyl (C=O) groups is 1. The molecule has 0 aliphatic rings. The second kappa shape index (κ2) is 7.46. The molecule has 0 aromatic heterocycles. The van der Waals surface area contributed by atoms with Gasteiger partial charge in [0.15, 0.2) is 6.61 Å². The molecule has 0 saturated heterocycles. The standard InChI is InChI=1S/C13H18N2O2/c1-2-3-8-15-9-11-4-6-12(7-5-11)17-10-13(14)16/h2,4-7,15H,1,3,8-10H2,(H2,14,16). The molecule has 0 aliphatic heterocycles. The Balaban J connectivity index is 2.33. The molecule has 0 saturated carbocycles. The van der Waals surface area contributed by atoms with E-state index >= 15 is 0 Å². The van der Waals surface area contributed by atoms with Gasteiger partial charge in [-0.05, 0) is 30.7 Å². The SMILES string of the molecule is C=CCCNCc1ccc(OCC(N)=O)cc1. The largest absolute Gasteiger partial charge is 0.484 e. The highest BCUT2D eigenvalue weighted by Gasteiger charge is 1.97. The monoisotopic (exact) mass is 234 g/mol. The lowest BCUT2D eigenvalue weighted by Gasteiger charge is -2.06. The molecule has 0 aliphatic carbocycles. The van der Waals surface area contributed by atoms with Crippen molar-refractivity contribution >= 4 is 5.91 Å². The van der Waals surface area contributed by atoms with E-state index in [0.717, 1.165) is 19.5 Å². The van der Waals surface area contributed by atoms with Crippen molar-refractivity contribution in [2.45, 2.75) is 13.0 Å². The fourth-order valence-electron chi connectivity index (χ4n) is 1.29. The molecule has 17 heavy (non-hydrogen) atoms. The van der Waals surface area contributed by atoms with Crippen molar-refractivity contribution in [2.75, 3.05) is 13.2 Å². The summed E-state index contributed by atoms with van der Waals surface area (Å²) in [6, 6.07) is 7.56. The lowest BCUT2D eigenvalue weighted by molar-refractivity contribution is -0.119. The Bertz CT molecular complexity index is 360. The van der Waals surface area contributed by atoms with E-state index in [1.54, 1.807) is 0 Å². The molecule has 0 spiro atoms. The third kappa shape index (κ3) is 5.73. The van der Waals surface area contributed by atoms with Crippen LogP contribution in [0.3, 0.4) is 0 Å². The summed E-state index contributed by atoms with van der Waals surface area (Å²) >= 11 is 0. The normalized spacial score (nSPS) is 9.88. The molecule has 92 valence electrons. The van der Waals surface area contributed by atoms with Crippen LogP contribution in [0.4, 0.5) is 0 Å². The van der Waals surface area contributed by atoms with E-state index in [4.69, 9.17) is 10.5 Å². The van der Waals surface area contributed by atoms with E-state index < -0.39 is 5.91 Å². The minimum Gasteiger partial charge on any atom is -0.484 e. The van der Waals surface area contributed by atoms with Gasteiger partial charge in [-0.2, -0.15) is 0 Å². The van der Waals surface area contributed by atoms with E-state index in [2.05, 4.69) is 11.9 Å². The second-order valence-corrected chi connectivity index (χ2v) is 3.65.